The van der Waals surface area contributed by atoms with E-state index in [4.69, 9.17) is 5.11 Å². The molecule has 6 heteroatoms. The molecule has 0 fully saturated rings. The molecule has 2 aromatic carbocycles. The Morgan fingerprint density at radius 3 is 2.08 bits per heavy atom. The van der Waals surface area contributed by atoms with Gasteiger partial charge in [-0.15, -0.1) is 0 Å². The fourth-order valence-corrected chi connectivity index (χ4v) is 3.70. The number of aliphatic carboxylic acids is 1. The quantitative estimate of drug-likeness (QED) is 0.825. The van der Waals surface area contributed by atoms with Gasteiger partial charge in [-0.3, -0.25) is 4.79 Å². The Bertz CT molecular complexity index is 822. The van der Waals surface area contributed by atoms with Crippen LogP contribution >= 0.6 is 0 Å². The molecule has 0 bridgehead atoms. The Morgan fingerprint density at radius 2 is 1.60 bits per heavy atom. The van der Waals surface area contributed by atoms with Crippen LogP contribution in [0.3, 0.4) is 0 Å². The first-order valence-corrected chi connectivity index (χ1v) is 9.47. The molecule has 134 valence electrons. The number of benzene rings is 2. The third-order valence-electron chi connectivity index (χ3n) is 3.91. The van der Waals surface area contributed by atoms with Crippen LogP contribution in [0.2, 0.25) is 0 Å². The Hall–Kier alpha value is -2.18. The number of carboxylic acids is 1. The van der Waals surface area contributed by atoms with Crippen molar-refractivity contribution in [1.82, 2.24) is 4.72 Å². The van der Waals surface area contributed by atoms with Gasteiger partial charge in [-0.2, -0.15) is 0 Å². The second-order valence-corrected chi connectivity index (χ2v) is 8.67. The van der Waals surface area contributed by atoms with Crippen LogP contribution in [0.5, 0.6) is 0 Å². The van der Waals surface area contributed by atoms with Crippen molar-refractivity contribution in [3.63, 3.8) is 0 Å². The van der Waals surface area contributed by atoms with Crippen molar-refractivity contribution in [1.29, 1.82) is 0 Å². The van der Waals surface area contributed by atoms with E-state index in [1.807, 2.05) is 20.8 Å². The van der Waals surface area contributed by atoms with E-state index in [-0.39, 0.29) is 16.7 Å². The molecule has 0 unspecified atom stereocenters. The maximum Gasteiger partial charge on any atom is 0.305 e. The monoisotopic (exact) mass is 361 g/mol. The second kappa shape index (κ2) is 7.37. The molecule has 1 atom stereocenters. The van der Waals surface area contributed by atoms with Crippen LogP contribution in [0, 0.1) is 0 Å². The molecule has 2 aromatic rings. The summed E-state index contributed by atoms with van der Waals surface area (Å²) in [7, 11) is -3.83. The molecule has 0 aliphatic heterocycles. The maximum absolute atomic E-state index is 12.7. The van der Waals surface area contributed by atoms with Gasteiger partial charge in [0.15, 0.2) is 0 Å². The minimum Gasteiger partial charge on any atom is -0.481 e. The molecule has 0 amide bonds. The molecule has 0 heterocycles. The lowest BCUT2D eigenvalue weighted by molar-refractivity contribution is -0.137. The topological polar surface area (TPSA) is 83.5 Å². The molecule has 0 spiro atoms. The van der Waals surface area contributed by atoms with Crippen LogP contribution in [-0.2, 0) is 20.2 Å². The van der Waals surface area contributed by atoms with Gasteiger partial charge in [0.2, 0.25) is 10.0 Å². The van der Waals surface area contributed by atoms with E-state index in [0.717, 1.165) is 5.56 Å². The first-order chi connectivity index (χ1) is 11.6. The molecule has 25 heavy (non-hydrogen) atoms. The minimum absolute atomic E-state index is 0.0778. The first-order valence-electron chi connectivity index (χ1n) is 7.99. The van der Waals surface area contributed by atoms with Gasteiger partial charge in [0.25, 0.3) is 0 Å². The zero-order valence-corrected chi connectivity index (χ0v) is 15.4. The lowest BCUT2D eigenvalue weighted by Crippen LogP contribution is -2.30. The summed E-state index contributed by atoms with van der Waals surface area (Å²) < 4.78 is 27.8. The third-order valence-corrected chi connectivity index (χ3v) is 5.40. The van der Waals surface area contributed by atoms with Gasteiger partial charge in [-0.25, -0.2) is 13.1 Å². The molecule has 0 aliphatic rings. The highest BCUT2D eigenvalue weighted by molar-refractivity contribution is 7.89. The Labute approximate surface area is 148 Å². The van der Waals surface area contributed by atoms with Crippen molar-refractivity contribution in [2.24, 2.45) is 0 Å². The summed E-state index contributed by atoms with van der Waals surface area (Å²) in [4.78, 5) is 11.2. The molecule has 0 saturated heterocycles. The third kappa shape index (κ3) is 5.14. The van der Waals surface area contributed by atoms with Crippen molar-refractivity contribution in [2.75, 3.05) is 0 Å². The highest BCUT2D eigenvalue weighted by Gasteiger charge is 2.24. The Morgan fingerprint density at radius 1 is 1.04 bits per heavy atom. The molecule has 2 rings (SSSR count). The van der Waals surface area contributed by atoms with Gasteiger partial charge < -0.3 is 5.11 Å². The SMILES string of the molecule is CC(C)(C)c1ccc(S(=O)(=O)N[C@@H](CC(=O)O)c2ccccc2)cc1. The molecule has 5 nitrogen and oxygen atoms in total. The van der Waals surface area contributed by atoms with Crippen molar-refractivity contribution >= 4 is 16.0 Å². The van der Waals surface area contributed by atoms with E-state index in [1.54, 1.807) is 54.6 Å². The lowest BCUT2D eigenvalue weighted by Gasteiger charge is -2.20. The summed E-state index contributed by atoms with van der Waals surface area (Å²) in [5.74, 6) is -1.07. The average molecular weight is 361 g/mol. The van der Waals surface area contributed by atoms with Gasteiger partial charge in [0, 0.05) is 0 Å². The number of carbonyl (C=O) groups is 1. The second-order valence-electron chi connectivity index (χ2n) is 6.96. The molecule has 0 aromatic heterocycles. The lowest BCUT2D eigenvalue weighted by atomic mass is 9.87. The Kier molecular flexibility index (Phi) is 5.65. The van der Waals surface area contributed by atoms with Gasteiger partial charge >= 0.3 is 5.97 Å². The van der Waals surface area contributed by atoms with Gasteiger partial charge in [-0.1, -0.05) is 63.2 Å². The minimum atomic E-state index is -3.83. The predicted octanol–water partition coefficient (Wildman–Crippen LogP) is 3.48. The maximum atomic E-state index is 12.7. The summed E-state index contributed by atoms with van der Waals surface area (Å²) in [6, 6.07) is 14.5. The van der Waals surface area contributed by atoms with Gasteiger partial charge in [-0.05, 0) is 28.7 Å². The van der Waals surface area contributed by atoms with Crippen LogP contribution in [0.15, 0.2) is 59.5 Å². The van der Waals surface area contributed by atoms with E-state index in [1.165, 1.54) is 0 Å². The summed E-state index contributed by atoms with van der Waals surface area (Å²) in [5, 5.41) is 9.10. The van der Waals surface area contributed by atoms with Crippen LogP contribution in [0.1, 0.15) is 44.4 Å². The van der Waals surface area contributed by atoms with E-state index in [0.29, 0.717) is 5.56 Å². The normalized spacial score (nSPS) is 13.4. The van der Waals surface area contributed by atoms with Crippen LogP contribution in [0.25, 0.3) is 0 Å². The zero-order chi connectivity index (χ0) is 18.7. The van der Waals surface area contributed by atoms with E-state index in [2.05, 4.69) is 4.72 Å². The summed E-state index contributed by atoms with van der Waals surface area (Å²) in [5.41, 5.74) is 1.56. The largest absolute Gasteiger partial charge is 0.481 e. The smallest absolute Gasteiger partial charge is 0.305 e. The number of sulfonamides is 1. The molecule has 2 N–H and O–H groups in total. The van der Waals surface area contributed by atoms with Crippen molar-refractivity contribution in [3.8, 4) is 0 Å². The molecule has 0 aliphatic carbocycles. The molecular weight excluding hydrogens is 338 g/mol. The summed E-state index contributed by atoms with van der Waals surface area (Å²) in [6.07, 6.45) is -0.330. The summed E-state index contributed by atoms with van der Waals surface area (Å²) in [6.45, 7) is 6.15. The standard InChI is InChI=1S/C19H23NO4S/c1-19(2,3)15-9-11-16(12-10-15)25(23,24)20-17(13-18(21)22)14-7-5-4-6-8-14/h4-12,17,20H,13H2,1-3H3,(H,21,22)/t17-/m0/s1. The number of hydrogen-bond acceptors (Lipinski definition) is 3. The average Bonchev–Trinajstić information content (AvgIpc) is 2.54. The Balaban J connectivity index is 2.29. The van der Waals surface area contributed by atoms with E-state index >= 15 is 0 Å². The van der Waals surface area contributed by atoms with Crippen molar-refractivity contribution < 1.29 is 18.3 Å². The molecule has 0 saturated carbocycles. The van der Waals surface area contributed by atoms with Crippen LogP contribution in [0.4, 0.5) is 0 Å². The number of hydrogen-bond donors (Lipinski definition) is 2. The van der Waals surface area contributed by atoms with E-state index in [9.17, 15) is 13.2 Å². The number of rotatable bonds is 6. The van der Waals surface area contributed by atoms with Gasteiger partial charge in [0.05, 0.1) is 17.4 Å². The van der Waals surface area contributed by atoms with Crippen LogP contribution in [-0.4, -0.2) is 19.5 Å². The highest BCUT2D eigenvalue weighted by atomic mass is 32.2. The highest BCUT2D eigenvalue weighted by Crippen LogP contribution is 2.25. The van der Waals surface area contributed by atoms with E-state index < -0.39 is 22.0 Å². The predicted molar refractivity (Wildman–Crippen MR) is 96.9 cm³/mol. The zero-order valence-electron chi connectivity index (χ0n) is 14.6. The molecular formula is C19H23NO4S. The number of carboxylic acid groups (broad SMARTS) is 1. The molecule has 0 radical (unpaired) electrons. The fraction of sp³-hybridized carbons (Fsp3) is 0.316. The number of nitrogens with one attached hydrogen (secondary N) is 1. The van der Waals surface area contributed by atoms with Crippen molar-refractivity contribution in [2.45, 2.75) is 43.5 Å². The van der Waals surface area contributed by atoms with Crippen molar-refractivity contribution in [3.05, 3.63) is 65.7 Å². The summed E-state index contributed by atoms with van der Waals surface area (Å²) >= 11 is 0. The first kappa shape index (κ1) is 19.1. The van der Waals surface area contributed by atoms with Gasteiger partial charge in [0.1, 0.15) is 0 Å². The fourth-order valence-electron chi connectivity index (χ4n) is 2.48. The van der Waals surface area contributed by atoms with Crippen LogP contribution < -0.4 is 4.72 Å².